The molecule has 0 bridgehead atoms. The molecule has 1 rings (SSSR count). The standard InChI is InChI=1S/C13H19NO2/c1-4-6-11(3)10-16-12-7-8-14(9-12)13(15)5-2/h4-6,12H,1-2,7-10H2,3H3/b11-6+. The van der Waals surface area contributed by atoms with Crippen LogP contribution in [0.1, 0.15) is 13.3 Å². The van der Waals surface area contributed by atoms with Gasteiger partial charge in [0.1, 0.15) is 0 Å². The van der Waals surface area contributed by atoms with Crippen LogP contribution in [-0.2, 0) is 9.53 Å². The van der Waals surface area contributed by atoms with Gasteiger partial charge in [0.15, 0.2) is 0 Å². The second kappa shape index (κ2) is 6.28. The maximum absolute atomic E-state index is 11.3. The molecule has 0 aliphatic carbocycles. The van der Waals surface area contributed by atoms with Crippen LogP contribution >= 0.6 is 0 Å². The predicted octanol–water partition coefficient (Wildman–Crippen LogP) is 1.92. The van der Waals surface area contributed by atoms with Crippen molar-refractivity contribution in [2.75, 3.05) is 19.7 Å². The van der Waals surface area contributed by atoms with E-state index in [4.69, 9.17) is 4.74 Å². The molecule has 16 heavy (non-hydrogen) atoms. The van der Waals surface area contributed by atoms with E-state index in [1.807, 2.05) is 13.0 Å². The van der Waals surface area contributed by atoms with Gasteiger partial charge in [0, 0.05) is 13.1 Å². The van der Waals surface area contributed by atoms with Crippen LogP contribution in [0.15, 0.2) is 37.0 Å². The van der Waals surface area contributed by atoms with Crippen LogP contribution in [0.2, 0.25) is 0 Å². The summed E-state index contributed by atoms with van der Waals surface area (Å²) in [6.07, 6.45) is 6.09. The number of hydrogen-bond acceptors (Lipinski definition) is 2. The topological polar surface area (TPSA) is 29.5 Å². The van der Waals surface area contributed by atoms with E-state index in [1.165, 1.54) is 6.08 Å². The molecule has 1 aliphatic rings. The predicted molar refractivity (Wildman–Crippen MR) is 65.1 cm³/mol. The van der Waals surface area contributed by atoms with Gasteiger partial charge in [-0.2, -0.15) is 0 Å². The number of allylic oxidation sites excluding steroid dienone is 2. The third-order valence-corrected chi connectivity index (χ3v) is 2.58. The fraction of sp³-hybridized carbons (Fsp3) is 0.462. The lowest BCUT2D eigenvalue weighted by atomic mass is 10.3. The Balaban J connectivity index is 2.31. The summed E-state index contributed by atoms with van der Waals surface area (Å²) in [5.74, 6) is -0.00976. The van der Waals surface area contributed by atoms with Gasteiger partial charge in [-0.25, -0.2) is 0 Å². The Morgan fingerprint density at radius 2 is 2.31 bits per heavy atom. The number of carbonyl (C=O) groups excluding carboxylic acids is 1. The number of likely N-dealkylation sites (tertiary alicyclic amines) is 1. The zero-order valence-corrected chi connectivity index (χ0v) is 9.82. The van der Waals surface area contributed by atoms with Crippen LogP contribution in [0.25, 0.3) is 0 Å². The summed E-state index contributed by atoms with van der Waals surface area (Å²) in [6.45, 7) is 11.2. The first-order valence-electron chi connectivity index (χ1n) is 5.48. The molecule has 1 amide bonds. The first-order chi connectivity index (χ1) is 7.67. The molecule has 0 aromatic heterocycles. The lowest BCUT2D eigenvalue weighted by molar-refractivity contribution is -0.125. The minimum Gasteiger partial charge on any atom is -0.372 e. The summed E-state index contributed by atoms with van der Waals surface area (Å²) in [6, 6.07) is 0. The van der Waals surface area contributed by atoms with Crippen molar-refractivity contribution in [2.45, 2.75) is 19.4 Å². The lowest BCUT2D eigenvalue weighted by Gasteiger charge is -2.14. The maximum atomic E-state index is 11.3. The quantitative estimate of drug-likeness (QED) is 0.524. The number of carbonyl (C=O) groups is 1. The van der Waals surface area contributed by atoms with Gasteiger partial charge in [-0.05, 0) is 25.0 Å². The molecule has 1 atom stereocenters. The van der Waals surface area contributed by atoms with E-state index in [0.717, 1.165) is 18.5 Å². The first-order valence-corrected chi connectivity index (χ1v) is 5.48. The van der Waals surface area contributed by atoms with E-state index in [2.05, 4.69) is 13.2 Å². The van der Waals surface area contributed by atoms with Gasteiger partial charge >= 0.3 is 0 Å². The van der Waals surface area contributed by atoms with E-state index >= 15 is 0 Å². The number of nitrogens with zero attached hydrogens (tertiary/aromatic N) is 1. The Labute approximate surface area is 97.1 Å². The highest BCUT2D eigenvalue weighted by molar-refractivity contribution is 5.87. The Morgan fingerprint density at radius 3 is 2.94 bits per heavy atom. The van der Waals surface area contributed by atoms with Gasteiger partial charge < -0.3 is 9.64 Å². The Kier molecular flexibility index (Phi) is 4.99. The van der Waals surface area contributed by atoms with Gasteiger partial charge in [0.2, 0.25) is 5.91 Å². The molecule has 0 N–H and O–H groups in total. The monoisotopic (exact) mass is 221 g/mol. The Bertz CT molecular complexity index is 307. The molecule has 3 heteroatoms. The Hall–Kier alpha value is -1.35. The lowest BCUT2D eigenvalue weighted by Crippen LogP contribution is -2.28. The highest BCUT2D eigenvalue weighted by atomic mass is 16.5. The van der Waals surface area contributed by atoms with Crippen molar-refractivity contribution in [1.29, 1.82) is 0 Å². The van der Waals surface area contributed by atoms with Crippen LogP contribution in [0.4, 0.5) is 0 Å². The van der Waals surface area contributed by atoms with Crippen LogP contribution in [-0.4, -0.2) is 36.6 Å². The molecule has 1 saturated heterocycles. The van der Waals surface area contributed by atoms with Crippen molar-refractivity contribution < 1.29 is 9.53 Å². The van der Waals surface area contributed by atoms with E-state index < -0.39 is 0 Å². The SMILES string of the molecule is C=C/C=C(\C)COC1CCN(C(=O)C=C)C1. The van der Waals surface area contributed by atoms with E-state index in [9.17, 15) is 4.79 Å². The zero-order valence-electron chi connectivity index (χ0n) is 9.82. The molecular weight excluding hydrogens is 202 g/mol. The second-order valence-corrected chi connectivity index (χ2v) is 3.96. The third-order valence-electron chi connectivity index (χ3n) is 2.58. The minimum atomic E-state index is -0.00976. The molecule has 0 saturated carbocycles. The number of ether oxygens (including phenoxy) is 1. The summed E-state index contributed by atoms with van der Waals surface area (Å²) in [5, 5.41) is 0. The van der Waals surface area contributed by atoms with Crippen LogP contribution < -0.4 is 0 Å². The largest absolute Gasteiger partial charge is 0.372 e. The fourth-order valence-corrected chi connectivity index (χ4v) is 1.69. The molecule has 0 spiro atoms. The molecule has 0 radical (unpaired) electrons. The van der Waals surface area contributed by atoms with Crippen LogP contribution in [0.3, 0.4) is 0 Å². The van der Waals surface area contributed by atoms with Gasteiger partial charge in [0.25, 0.3) is 0 Å². The molecular formula is C13H19NO2. The number of rotatable bonds is 5. The summed E-state index contributed by atoms with van der Waals surface area (Å²) in [7, 11) is 0. The summed E-state index contributed by atoms with van der Waals surface area (Å²) < 4.78 is 5.70. The average Bonchev–Trinajstić information content (AvgIpc) is 2.74. The van der Waals surface area contributed by atoms with Gasteiger partial charge in [0.05, 0.1) is 12.7 Å². The highest BCUT2D eigenvalue weighted by Gasteiger charge is 2.25. The molecule has 0 aromatic rings. The molecule has 1 heterocycles. The molecule has 1 unspecified atom stereocenters. The van der Waals surface area contributed by atoms with Crippen LogP contribution in [0, 0.1) is 0 Å². The fourth-order valence-electron chi connectivity index (χ4n) is 1.69. The van der Waals surface area contributed by atoms with E-state index in [-0.39, 0.29) is 12.0 Å². The normalized spacial score (nSPS) is 20.9. The van der Waals surface area contributed by atoms with Gasteiger partial charge in [-0.1, -0.05) is 25.3 Å². The first kappa shape index (κ1) is 12.7. The summed E-state index contributed by atoms with van der Waals surface area (Å²) in [5.41, 5.74) is 1.14. The molecule has 88 valence electrons. The van der Waals surface area contributed by atoms with Gasteiger partial charge in [-0.15, -0.1) is 0 Å². The third kappa shape index (κ3) is 3.66. The summed E-state index contributed by atoms with van der Waals surface area (Å²) in [4.78, 5) is 13.1. The van der Waals surface area contributed by atoms with Crippen molar-refractivity contribution in [3.8, 4) is 0 Å². The van der Waals surface area contributed by atoms with Gasteiger partial charge in [-0.3, -0.25) is 4.79 Å². The van der Waals surface area contributed by atoms with Crippen molar-refractivity contribution in [2.24, 2.45) is 0 Å². The highest BCUT2D eigenvalue weighted by Crippen LogP contribution is 2.13. The van der Waals surface area contributed by atoms with Crippen molar-refractivity contribution >= 4 is 5.91 Å². The van der Waals surface area contributed by atoms with E-state index in [1.54, 1.807) is 11.0 Å². The van der Waals surface area contributed by atoms with E-state index in [0.29, 0.717) is 13.2 Å². The number of hydrogen-bond donors (Lipinski definition) is 0. The Morgan fingerprint density at radius 1 is 1.56 bits per heavy atom. The molecule has 1 aliphatic heterocycles. The van der Waals surface area contributed by atoms with Crippen molar-refractivity contribution in [1.82, 2.24) is 4.90 Å². The van der Waals surface area contributed by atoms with Crippen LogP contribution in [0.5, 0.6) is 0 Å². The molecule has 1 fully saturated rings. The van der Waals surface area contributed by atoms with Crippen molar-refractivity contribution in [3.63, 3.8) is 0 Å². The smallest absolute Gasteiger partial charge is 0.246 e. The zero-order chi connectivity index (χ0) is 12.0. The summed E-state index contributed by atoms with van der Waals surface area (Å²) >= 11 is 0. The minimum absolute atomic E-state index is 0.00976. The molecule has 0 aromatic carbocycles. The second-order valence-electron chi connectivity index (χ2n) is 3.96. The van der Waals surface area contributed by atoms with Crippen molar-refractivity contribution in [3.05, 3.63) is 37.0 Å². The number of amides is 1. The maximum Gasteiger partial charge on any atom is 0.246 e. The molecule has 3 nitrogen and oxygen atoms in total. The average molecular weight is 221 g/mol.